The first-order valence-electron chi connectivity index (χ1n) is 9.43. The Bertz CT molecular complexity index is 1010. The second-order valence-corrected chi connectivity index (χ2v) is 8.55. The molecule has 0 fully saturated rings. The molecule has 0 saturated heterocycles. The fourth-order valence-corrected chi connectivity index (χ4v) is 4.29. The maximum absolute atomic E-state index is 12.6. The molecule has 0 aromatic heterocycles. The molecular weight excluding hydrogens is 396 g/mol. The molecule has 1 amide bonds. The van der Waals surface area contributed by atoms with E-state index in [0.717, 1.165) is 17.7 Å². The van der Waals surface area contributed by atoms with Crippen molar-refractivity contribution in [2.45, 2.75) is 23.8 Å². The summed E-state index contributed by atoms with van der Waals surface area (Å²) in [7, 11) is -3.87. The van der Waals surface area contributed by atoms with Crippen molar-refractivity contribution in [2.75, 3.05) is 26.4 Å². The van der Waals surface area contributed by atoms with Crippen LogP contribution in [0.25, 0.3) is 0 Å². The van der Waals surface area contributed by atoms with Crippen molar-refractivity contribution >= 4 is 15.9 Å². The van der Waals surface area contributed by atoms with Crippen LogP contribution in [0.2, 0.25) is 0 Å². The van der Waals surface area contributed by atoms with E-state index >= 15 is 0 Å². The maximum atomic E-state index is 12.6. The van der Waals surface area contributed by atoms with E-state index in [4.69, 9.17) is 14.2 Å². The van der Waals surface area contributed by atoms with Gasteiger partial charge in [0.05, 0.1) is 37.3 Å². The van der Waals surface area contributed by atoms with Gasteiger partial charge in [-0.05, 0) is 18.2 Å². The summed E-state index contributed by atoms with van der Waals surface area (Å²) >= 11 is 0. The third-order valence-corrected chi connectivity index (χ3v) is 6.14. The Morgan fingerprint density at radius 1 is 0.966 bits per heavy atom. The molecule has 0 unspecified atom stereocenters. The molecule has 8 nitrogen and oxygen atoms in total. The van der Waals surface area contributed by atoms with E-state index in [1.165, 1.54) is 12.1 Å². The molecule has 2 aromatic rings. The smallest absolute Gasteiger partial charge is 0.241 e. The molecule has 0 radical (unpaired) electrons. The summed E-state index contributed by atoms with van der Waals surface area (Å²) in [6.45, 7) is 1.10. The Morgan fingerprint density at radius 3 is 2.59 bits per heavy atom. The summed E-state index contributed by atoms with van der Waals surface area (Å²) in [6, 6.07) is 11.7. The highest BCUT2D eigenvalue weighted by Crippen LogP contribution is 2.32. The summed E-state index contributed by atoms with van der Waals surface area (Å²) in [5.41, 5.74) is 0.887. The SMILES string of the molecule is O=C(CNS(=O)(=O)c1ccc2c(c1)OCCCO2)N[C@H]1CCOc2ccccc21. The number of fused-ring (bicyclic) bond motifs is 2. The number of rotatable bonds is 5. The molecule has 2 N–H and O–H groups in total. The average molecular weight is 418 g/mol. The highest BCUT2D eigenvalue weighted by atomic mass is 32.2. The van der Waals surface area contributed by atoms with Crippen LogP contribution in [0, 0.1) is 0 Å². The summed E-state index contributed by atoms with van der Waals surface area (Å²) in [5.74, 6) is 1.22. The molecule has 4 rings (SSSR count). The van der Waals surface area contributed by atoms with Gasteiger partial charge in [-0.3, -0.25) is 4.79 Å². The fraction of sp³-hybridized carbons (Fsp3) is 0.350. The third-order valence-electron chi connectivity index (χ3n) is 4.75. The zero-order valence-electron chi connectivity index (χ0n) is 15.7. The van der Waals surface area contributed by atoms with Gasteiger partial charge in [0.2, 0.25) is 15.9 Å². The van der Waals surface area contributed by atoms with E-state index < -0.39 is 15.9 Å². The van der Waals surface area contributed by atoms with Gasteiger partial charge < -0.3 is 19.5 Å². The second kappa shape index (κ2) is 8.30. The molecule has 154 valence electrons. The lowest BCUT2D eigenvalue weighted by Gasteiger charge is -2.26. The van der Waals surface area contributed by atoms with Crippen LogP contribution in [0.3, 0.4) is 0 Å². The number of para-hydroxylation sites is 1. The quantitative estimate of drug-likeness (QED) is 0.767. The molecule has 9 heteroatoms. The number of benzene rings is 2. The predicted octanol–water partition coefficient (Wildman–Crippen LogP) is 1.77. The average Bonchev–Trinajstić information content (AvgIpc) is 2.97. The molecule has 1 atom stereocenters. The first-order valence-corrected chi connectivity index (χ1v) is 10.9. The lowest BCUT2D eigenvalue weighted by atomic mass is 10.0. The van der Waals surface area contributed by atoms with E-state index in [-0.39, 0.29) is 17.5 Å². The van der Waals surface area contributed by atoms with Crippen LogP contribution in [-0.2, 0) is 14.8 Å². The third kappa shape index (κ3) is 4.46. The topological polar surface area (TPSA) is 103 Å². The van der Waals surface area contributed by atoms with Crippen molar-refractivity contribution in [3.63, 3.8) is 0 Å². The second-order valence-electron chi connectivity index (χ2n) is 6.78. The molecule has 2 heterocycles. The number of hydrogen-bond donors (Lipinski definition) is 2. The van der Waals surface area contributed by atoms with E-state index in [0.29, 0.717) is 37.7 Å². The molecular formula is C20H22N2O6S. The van der Waals surface area contributed by atoms with Crippen LogP contribution in [0.1, 0.15) is 24.4 Å². The van der Waals surface area contributed by atoms with Gasteiger partial charge in [0.1, 0.15) is 5.75 Å². The lowest BCUT2D eigenvalue weighted by molar-refractivity contribution is -0.120. The number of amides is 1. The van der Waals surface area contributed by atoms with Crippen LogP contribution >= 0.6 is 0 Å². The van der Waals surface area contributed by atoms with E-state index in [1.54, 1.807) is 6.07 Å². The Labute approximate surface area is 169 Å². The molecule has 0 aliphatic carbocycles. The molecule has 29 heavy (non-hydrogen) atoms. The van der Waals surface area contributed by atoms with Gasteiger partial charge in [-0.15, -0.1) is 0 Å². The minimum atomic E-state index is -3.87. The largest absolute Gasteiger partial charge is 0.493 e. The molecule has 2 aromatic carbocycles. The van der Waals surface area contributed by atoms with Crippen LogP contribution in [-0.4, -0.2) is 40.7 Å². The van der Waals surface area contributed by atoms with E-state index in [9.17, 15) is 13.2 Å². The molecule has 0 spiro atoms. The molecule has 0 bridgehead atoms. The van der Waals surface area contributed by atoms with Gasteiger partial charge >= 0.3 is 0 Å². The fourth-order valence-electron chi connectivity index (χ4n) is 3.29. The lowest BCUT2D eigenvalue weighted by Crippen LogP contribution is -2.39. The number of carbonyl (C=O) groups is 1. The summed E-state index contributed by atoms with van der Waals surface area (Å²) in [4.78, 5) is 12.4. The van der Waals surface area contributed by atoms with Crippen LogP contribution in [0.4, 0.5) is 0 Å². The first-order chi connectivity index (χ1) is 14.0. The Kier molecular flexibility index (Phi) is 5.59. The zero-order valence-corrected chi connectivity index (χ0v) is 16.5. The number of hydrogen-bond acceptors (Lipinski definition) is 6. The maximum Gasteiger partial charge on any atom is 0.241 e. The standard InChI is InChI=1S/C20H22N2O6S/c23-20(22-16-8-11-28-17-5-2-1-4-15(16)17)13-21-29(24,25)14-6-7-18-19(12-14)27-10-3-9-26-18/h1-2,4-7,12,16,21H,3,8-11,13H2,(H,22,23)/t16-/m0/s1. The van der Waals surface area contributed by atoms with Crippen molar-refractivity contribution in [3.8, 4) is 17.2 Å². The van der Waals surface area contributed by atoms with Crippen LogP contribution in [0.5, 0.6) is 17.2 Å². The van der Waals surface area contributed by atoms with Gasteiger partial charge in [-0.1, -0.05) is 18.2 Å². The van der Waals surface area contributed by atoms with Crippen molar-refractivity contribution in [1.82, 2.24) is 10.0 Å². The predicted molar refractivity (Wildman–Crippen MR) is 105 cm³/mol. The zero-order chi connectivity index (χ0) is 20.3. The highest BCUT2D eigenvalue weighted by molar-refractivity contribution is 7.89. The first kappa shape index (κ1) is 19.5. The molecule has 2 aliphatic heterocycles. The Hall–Kier alpha value is -2.78. The van der Waals surface area contributed by atoms with E-state index in [2.05, 4.69) is 10.0 Å². The van der Waals surface area contributed by atoms with Gasteiger partial charge in [0.15, 0.2) is 11.5 Å². The summed E-state index contributed by atoms with van der Waals surface area (Å²) in [5, 5.41) is 2.87. The Morgan fingerprint density at radius 2 is 1.72 bits per heavy atom. The Balaban J connectivity index is 1.40. The van der Waals surface area contributed by atoms with Gasteiger partial charge in [0, 0.05) is 24.5 Å². The highest BCUT2D eigenvalue weighted by Gasteiger charge is 2.24. The summed E-state index contributed by atoms with van der Waals surface area (Å²) < 4.78 is 44.2. The van der Waals surface area contributed by atoms with Crippen LogP contribution in [0.15, 0.2) is 47.4 Å². The van der Waals surface area contributed by atoms with Crippen molar-refractivity contribution in [3.05, 3.63) is 48.0 Å². The van der Waals surface area contributed by atoms with Crippen molar-refractivity contribution in [2.24, 2.45) is 0 Å². The summed E-state index contributed by atoms with van der Waals surface area (Å²) in [6.07, 6.45) is 1.35. The molecule has 0 saturated carbocycles. The van der Waals surface area contributed by atoms with Crippen LogP contribution < -0.4 is 24.2 Å². The molecule has 2 aliphatic rings. The number of nitrogens with one attached hydrogen (secondary N) is 2. The monoisotopic (exact) mass is 418 g/mol. The van der Waals surface area contributed by atoms with E-state index in [1.807, 2.05) is 24.3 Å². The number of ether oxygens (including phenoxy) is 3. The normalized spacial score (nSPS) is 18.1. The van der Waals surface area contributed by atoms with Gasteiger partial charge in [-0.25, -0.2) is 13.1 Å². The number of sulfonamides is 1. The number of carbonyl (C=O) groups excluding carboxylic acids is 1. The minimum absolute atomic E-state index is 0.0194. The van der Waals surface area contributed by atoms with Crippen molar-refractivity contribution < 1.29 is 27.4 Å². The van der Waals surface area contributed by atoms with Gasteiger partial charge in [0.25, 0.3) is 0 Å². The minimum Gasteiger partial charge on any atom is -0.493 e. The van der Waals surface area contributed by atoms with Gasteiger partial charge in [-0.2, -0.15) is 0 Å². The van der Waals surface area contributed by atoms with Crippen molar-refractivity contribution in [1.29, 1.82) is 0 Å².